The van der Waals surface area contributed by atoms with Gasteiger partial charge in [-0.25, -0.2) is 9.79 Å². The van der Waals surface area contributed by atoms with E-state index in [1.54, 1.807) is 55.7 Å². The van der Waals surface area contributed by atoms with Gasteiger partial charge in [0.25, 0.3) is 5.91 Å². The molecule has 0 saturated heterocycles. The molecule has 2 N–H and O–H groups in total. The van der Waals surface area contributed by atoms with Crippen LogP contribution in [0.3, 0.4) is 0 Å². The Bertz CT molecular complexity index is 980. The molecule has 2 aromatic carbocycles. The Kier molecular flexibility index (Phi) is 5.59. The number of nitrogens with two attached hydrogens (primary N) is 1. The second-order valence-electron chi connectivity index (χ2n) is 5.73. The highest BCUT2D eigenvalue weighted by Gasteiger charge is 2.24. The fourth-order valence-corrected chi connectivity index (χ4v) is 2.49. The third-order valence-corrected chi connectivity index (χ3v) is 3.80. The lowest BCUT2D eigenvalue weighted by Gasteiger charge is -2.09. The summed E-state index contributed by atoms with van der Waals surface area (Å²) in [5.74, 6) is 0.415. The van der Waals surface area contributed by atoms with Gasteiger partial charge in [0.05, 0.1) is 14.2 Å². The van der Waals surface area contributed by atoms with Crippen LogP contribution in [0.2, 0.25) is 0 Å². The van der Waals surface area contributed by atoms with Gasteiger partial charge in [0.15, 0.2) is 23.8 Å². The molecule has 0 saturated carbocycles. The molecule has 1 aliphatic rings. The second-order valence-corrected chi connectivity index (χ2v) is 5.73. The first-order chi connectivity index (χ1) is 13.5. The molecule has 1 aliphatic heterocycles. The van der Waals surface area contributed by atoms with Crippen LogP contribution < -0.4 is 19.9 Å². The molecule has 0 aromatic heterocycles. The number of rotatable bonds is 7. The molecule has 28 heavy (non-hydrogen) atoms. The molecular formula is C20H18N2O6. The molecule has 0 aliphatic carbocycles. The first-order valence-corrected chi connectivity index (χ1v) is 8.26. The number of amides is 1. The highest BCUT2D eigenvalue weighted by atomic mass is 16.6. The van der Waals surface area contributed by atoms with E-state index in [2.05, 4.69) is 4.99 Å². The van der Waals surface area contributed by atoms with E-state index in [0.717, 1.165) is 0 Å². The minimum atomic E-state index is -0.596. The van der Waals surface area contributed by atoms with Crippen molar-refractivity contribution in [3.63, 3.8) is 0 Å². The lowest BCUT2D eigenvalue weighted by Crippen LogP contribution is -2.20. The van der Waals surface area contributed by atoms with Crippen LogP contribution in [0.25, 0.3) is 6.08 Å². The summed E-state index contributed by atoms with van der Waals surface area (Å²) in [6.07, 6.45) is 1.57. The number of hydrogen-bond acceptors (Lipinski definition) is 7. The zero-order valence-corrected chi connectivity index (χ0v) is 15.3. The van der Waals surface area contributed by atoms with Gasteiger partial charge in [-0.05, 0) is 42.0 Å². The summed E-state index contributed by atoms with van der Waals surface area (Å²) in [6.45, 7) is -0.267. The van der Waals surface area contributed by atoms with Crippen LogP contribution in [0, 0.1) is 0 Å². The molecule has 2 aromatic rings. The molecule has 0 spiro atoms. The van der Waals surface area contributed by atoms with Crippen LogP contribution in [0.1, 0.15) is 11.1 Å². The largest absolute Gasteiger partial charge is 0.497 e. The first kappa shape index (κ1) is 19.0. The number of benzene rings is 2. The maximum Gasteiger partial charge on any atom is 0.363 e. The van der Waals surface area contributed by atoms with Crippen molar-refractivity contribution in [1.29, 1.82) is 0 Å². The minimum Gasteiger partial charge on any atom is -0.497 e. The monoisotopic (exact) mass is 382 g/mol. The van der Waals surface area contributed by atoms with Gasteiger partial charge in [0, 0.05) is 5.56 Å². The molecular weight excluding hydrogens is 364 g/mol. The topological polar surface area (TPSA) is 109 Å². The third kappa shape index (κ3) is 4.29. The number of hydrogen-bond donors (Lipinski definition) is 1. The van der Waals surface area contributed by atoms with E-state index < -0.39 is 11.9 Å². The molecule has 144 valence electrons. The fourth-order valence-electron chi connectivity index (χ4n) is 2.49. The summed E-state index contributed by atoms with van der Waals surface area (Å²) in [5, 5.41) is 0. The molecule has 8 heteroatoms. The molecule has 8 nitrogen and oxygen atoms in total. The number of cyclic esters (lactones) is 1. The van der Waals surface area contributed by atoms with E-state index in [9.17, 15) is 9.59 Å². The van der Waals surface area contributed by atoms with Crippen molar-refractivity contribution >= 4 is 23.9 Å². The minimum absolute atomic E-state index is 0.144. The summed E-state index contributed by atoms with van der Waals surface area (Å²) in [5.41, 5.74) is 6.49. The Morgan fingerprint density at radius 2 is 1.96 bits per heavy atom. The molecule has 1 heterocycles. The zero-order valence-electron chi connectivity index (χ0n) is 15.3. The van der Waals surface area contributed by atoms with Gasteiger partial charge in [0.1, 0.15) is 5.75 Å². The molecule has 3 rings (SSSR count). The zero-order chi connectivity index (χ0) is 20.1. The maximum atomic E-state index is 12.2. The standard InChI is InChI=1S/C20H18N2O6/c1-25-14-5-3-4-13(10-14)19-22-15(20(24)28-19)8-12-6-7-16(17(9-12)26-2)27-11-18(21)23/h3-10H,11H2,1-2H3,(H2,21,23). The van der Waals surface area contributed by atoms with E-state index in [1.165, 1.54) is 7.11 Å². The Morgan fingerprint density at radius 1 is 1.14 bits per heavy atom. The van der Waals surface area contributed by atoms with Gasteiger partial charge >= 0.3 is 5.97 Å². The van der Waals surface area contributed by atoms with E-state index in [1.807, 2.05) is 0 Å². The molecule has 0 bridgehead atoms. The molecule has 0 fully saturated rings. The predicted molar refractivity (Wildman–Crippen MR) is 101 cm³/mol. The smallest absolute Gasteiger partial charge is 0.363 e. The molecule has 0 radical (unpaired) electrons. The van der Waals surface area contributed by atoms with Crippen molar-refractivity contribution in [2.75, 3.05) is 20.8 Å². The van der Waals surface area contributed by atoms with Crippen molar-refractivity contribution in [3.05, 3.63) is 59.3 Å². The highest BCUT2D eigenvalue weighted by Crippen LogP contribution is 2.30. The number of methoxy groups -OCH3 is 2. The van der Waals surface area contributed by atoms with Crippen molar-refractivity contribution in [2.45, 2.75) is 0 Å². The molecule has 0 atom stereocenters. The van der Waals surface area contributed by atoms with Gasteiger partial charge in [-0.2, -0.15) is 0 Å². The predicted octanol–water partition coefficient (Wildman–Crippen LogP) is 1.91. The lowest BCUT2D eigenvalue weighted by molar-refractivity contribution is -0.130. The Labute approximate surface area is 161 Å². The van der Waals surface area contributed by atoms with Gasteiger partial charge in [-0.1, -0.05) is 12.1 Å². The first-order valence-electron chi connectivity index (χ1n) is 8.26. The normalized spacial score (nSPS) is 14.4. The van der Waals surface area contributed by atoms with Crippen molar-refractivity contribution < 1.29 is 28.5 Å². The number of carbonyl (C=O) groups is 2. The summed E-state index contributed by atoms with van der Waals surface area (Å²) < 4.78 is 21.0. The van der Waals surface area contributed by atoms with E-state index in [0.29, 0.717) is 28.4 Å². The maximum absolute atomic E-state index is 12.2. The average Bonchev–Trinajstić information content (AvgIpc) is 3.07. The third-order valence-electron chi connectivity index (χ3n) is 3.80. The van der Waals surface area contributed by atoms with Gasteiger partial charge in [-0.15, -0.1) is 0 Å². The summed E-state index contributed by atoms with van der Waals surface area (Å²) in [7, 11) is 3.02. The van der Waals surface area contributed by atoms with E-state index in [4.69, 9.17) is 24.7 Å². The number of carbonyl (C=O) groups excluding carboxylic acids is 2. The van der Waals surface area contributed by atoms with Crippen LogP contribution >= 0.6 is 0 Å². The average molecular weight is 382 g/mol. The molecule has 1 amide bonds. The Morgan fingerprint density at radius 3 is 2.68 bits per heavy atom. The van der Waals surface area contributed by atoms with Gasteiger partial charge < -0.3 is 24.7 Å². The van der Waals surface area contributed by atoms with Gasteiger partial charge in [-0.3, -0.25) is 4.79 Å². The summed E-state index contributed by atoms with van der Waals surface area (Å²) in [4.78, 5) is 27.3. The van der Waals surface area contributed by atoms with Crippen LogP contribution in [-0.2, 0) is 14.3 Å². The van der Waals surface area contributed by atoms with Crippen LogP contribution in [0.5, 0.6) is 17.2 Å². The SMILES string of the molecule is COc1cccc(C2=NC(=Cc3ccc(OCC(N)=O)c(OC)c3)C(=O)O2)c1. The second kappa shape index (κ2) is 8.26. The summed E-state index contributed by atoms with van der Waals surface area (Å²) >= 11 is 0. The van der Waals surface area contributed by atoms with Crippen LogP contribution in [0.4, 0.5) is 0 Å². The van der Waals surface area contributed by atoms with Gasteiger partial charge in [0.2, 0.25) is 5.90 Å². The van der Waals surface area contributed by atoms with Crippen molar-refractivity contribution in [1.82, 2.24) is 0 Å². The number of ether oxygens (including phenoxy) is 4. The Hall–Kier alpha value is -3.81. The number of aliphatic imine (C=N–C) groups is 1. The van der Waals surface area contributed by atoms with Crippen LogP contribution in [-0.4, -0.2) is 38.6 Å². The van der Waals surface area contributed by atoms with Crippen LogP contribution in [0.15, 0.2) is 53.2 Å². The number of nitrogens with zero attached hydrogens (tertiary/aromatic N) is 1. The van der Waals surface area contributed by atoms with E-state index in [-0.39, 0.29) is 18.2 Å². The fraction of sp³-hybridized carbons (Fsp3) is 0.150. The summed E-state index contributed by atoms with van der Waals surface area (Å²) in [6, 6.07) is 12.0. The Balaban J connectivity index is 1.86. The lowest BCUT2D eigenvalue weighted by atomic mass is 10.1. The van der Waals surface area contributed by atoms with E-state index >= 15 is 0 Å². The quantitative estimate of drug-likeness (QED) is 0.579. The highest BCUT2D eigenvalue weighted by molar-refractivity contribution is 6.13. The number of esters is 1. The van der Waals surface area contributed by atoms with Crippen molar-refractivity contribution in [2.24, 2.45) is 10.7 Å². The molecule has 0 unspecified atom stereocenters. The number of primary amides is 1. The van der Waals surface area contributed by atoms with Crippen molar-refractivity contribution in [3.8, 4) is 17.2 Å².